The standard InChI is InChI=1S/C11H12NP/c1-9-7-10-5-3-4-6-13(2)11(10)12-8-9/h3-8H,1-2H3. The Morgan fingerprint density at radius 2 is 2.15 bits per heavy atom. The van der Waals surface area contributed by atoms with Gasteiger partial charge in [0.2, 0.25) is 0 Å². The molecule has 0 fully saturated rings. The second kappa shape index (κ2) is 3.43. The molecule has 0 aliphatic carbocycles. The first-order valence-electron chi connectivity index (χ1n) is 4.32. The van der Waals surface area contributed by atoms with Gasteiger partial charge in [0.15, 0.2) is 0 Å². The molecule has 0 N–H and O–H groups in total. The molecule has 0 saturated carbocycles. The van der Waals surface area contributed by atoms with Crippen LogP contribution in [0.1, 0.15) is 11.1 Å². The molecular formula is C11H12NP. The van der Waals surface area contributed by atoms with Gasteiger partial charge < -0.3 is 0 Å². The van der Waals surface area contributed by atoms with E-state index in [0.29, 0.717) is 0 Å². The molecule has 1 aromatic rings. The fraction of sp³-hybridized carbons (Fsp3) is 0.182. The SMILES string of the molecule is Cc1cnc2c(c1)C=CC=CP2C. The van der Waals surface area contributed by atoms with Crippen molar-refractivity contribution in [1.82, 2.24) is 4.98 Å². The van der Waals surface area contributed by atoms with Crippen molar-refractivity contribution in [2.75, 3.05) is 6.66 Å². The van der Waals surface area contributed by atoms with Crippen LogP contribution >= 0.6 is 7.92 Å². The molecule has 2 rings (SSSR count). The van der Waals surface area contributed by atoms with E-state index in [1.165, 1.54) is 16.6 Å². The van der Waals surface area contributed by atoms with Gasteiger partial charge in [-0.15, -0.1) is 0 Å². The highest BCUT2D eigenvalue weighted by atomic mass is 31.1. The molecule has 66 valence electrons. The van der Waals surface area contributed by atoms with Crippen molar-refractivity contribution in [3.8, 4) is 0 Å². The van der Waals surface area contributed by atoms with Crippen molar-refractivity contribution >= 4 is 19.4 Å². The fourth-order valence-electron chi connectivity index (χ4n) is 1.41. The Morgan fingerprint density at radius 3 is 3.00 bits per heavy atom. The van der Waals surface area contributed by atoms with Gasteiger partial charge in [0.05, 0.1) is 5.44 Å². The average molecular weight is 189 g/mol. The minimum atomic E-state index is -0.201. The minimum Gasteiger partial charge on any atom is -0.255 e. The van der Waals surface area contributed by atoms with Gasteiger partial charge in [0, 0.05) is 11.8 Å². The number of fused-ring (bicyclic) bond motifs is 1. The molecule has 0 bridgehead atoms. The molecule has 1 atom stereocenters. The van der Waals surface area contributed by atoms with Gasteiger partial charge in [-0.1, -0.05) is 24.0 Å². The first-order chi connectivity index (χ1) is 6.27. The quantitative estimate of drug-likeness (QED) is 0.572. The summed E-state index contributed by atoms with van der Waals surface area (Å²) in [5, 5.41) is 0. The second-order valence-corrected chi connectivity index (χ2v) is 5.18. The van der Waals surface area contributed by atoms with Crippen LogP contribution in [0.15, 0.2) is 30.2 Å². The Balaban J connectivity index is 2.57. The summed E-state index contributed by atoms with van der Waals surface area (Å²) in [6.45, 7) is 4.32. The van der Waals surface area contributed by atoms with E-state index in [0.717, 1.165) is 0 Å². The van der Waals surface area contributed by atoms with Crippen LogP contribution in [0.5, 0.6) is 0 Å². The van der Waals surface area contributed by atoms with E-state index in [1.54, 1.807) is 0 Å². The number of aryl methyl sites for hydroxylation is 1. The molecule has 1 nitrogen and oxygen atoms in total. The highest BCUT2D eigenvalue weighted by Gasteiger charge is 2.08. The summed E-state index contributed by atoms with van der Waals surface area (Å²) in [5.41, 5.74) is 3.75. The Labute approximate surface area is 80.0 Å². The maximum atomic E-state index is 4.49. The molecule has 1 aliphatic heterocycles. The predicted molar refractivity (Wildman–Crippen MR) is 59.6 cm³/mol. The van der Waals surface area contributed by atoms with E-state index in [4.69, 9.17) is 0 Å². The van der Waals surface area contributed by atoms with Gasteiger partial charge in [-0.3, -0.25) is 4.98 Å². The maximum Gasteiger partial charge on any atom is 0.0739 e. The van der Waals surface area contributed by atoms with Crippen LogP contribution in [0.3, 0.4) is 0 Å². The van der Waals surface area contributed by atoms with E-state index < -0.39 is 0 Å². The molecule has 0 spiro atoms. The highest BCUT2D eigenvalue weighted by molar-refractivity contribution is 7.67. The molecule has 0 amide bonds. The van der Waals surface area contributed by atoms with Crippen molar-refractivity contribution < 1.29 is 0 Å². The lowest BCUT2D eigenvalue weighted by atomic mass is 10.2. The zero-order chi connectivity index (χ0) is 9.26. The second-order valence-electron chi connectivity index (χ2n) is 3.24. The van der Waals surface area contributed by atoms with Gasteiger partial charge in [-0.25, -0.2) is 0 Å². The first kappa shape index (κ1) is 8.65. The predicted octanol–water partition coefficient (Wildman–Crippen LogP) is 2.67. The summed E-state index contributed by atoms with van der Waals surface area (Å²) >= 11 is 0. The van der Waals surface area contributed by atoms with Crippen LogP contribution in [-0.2, 0) is 0 Å². The Morgan fingerprint density at radius 1 is 1.31 bits per heavy atom. The summed E-state index contributed by atoms with van der Waals surface area (Å²) in [4.78, 5) is 4.49. The first-order valence-corrected chi connectivity index (χ1v) is 6.17. The molecule has 1 aromatic heterocycles. The van der Waals surface area contributed by atoms with E-state index in [-0.39, 0.29) is 7.92 Å². The van der Waals surface area contributed by atoms with Crippen molar-refractivity contribution in [3.05, 3.63) is 41.4 Å². The number of hydrogen-bond acceptors (Lipinski definition) is 1. The Hall–Kier alpha value is -0.940. The zero-order valence-electron chi connectivity index (χ0n) is 7.86. The van der Waals surface area contributed by atoms with Crippen LogP contribution in [0, 0.1) is 6.92 Å². The van der Waals surface area contributed by atoms with Gasteiger partial charge in [0.1, 0.15) is 0 Å². The third-order valence-corrected chi connectivity index (χ3v) is 3.72. The monoisotopic (exact) mass is 189 g/mol. The molecule has 1 aliphatic rings. The lowest BCUT2D eigenvalue weighted by Crippen LogP contribution is -2.08. The van der Waals surface area contributed by atoms with Crippen molar-refractivity contribution in [2.24, 2.45) is 0 Å². The summed E-state index contributed by atoms with van der Waals surface area (Å²) in [5.74, 6) is 2.24. The van der Waals surface area contributed by atoms with E-state index >= 15 is 0 Å². The van der Waals surface area contributed by atoms with Crippen LogP contribution in [0.25, 0.3) is 6.08 Å². The number of rotatable bonds is 0. The molecule has 1 unspecified atom stereocenters. The topological polar surface area (TPSA) is 12.9 Å². The molecule has 2 heteroatoms. The van der Waals surface area contributed by atoms with E-state index in [2.05, 4.69) is 48.7 Å². The van der Waals surface area contributed by atoms with Crippen LogP contribution in [-0.4, -0.2) is 11.6 Å². The fourth-order valence-corrected chi connectivity index (χ4v) is 2.70. The highest BCUT2D eigenvalue weighted by Crippen LogP contribution is 2.33. The van der Waals surface area contributed by atoms with Crippen molar-refractivity contribution in [2.45, 2.75) is 6.92 Å². The average Bonchev–Trinajstić information content (AvgIpc) is 2.28. The van der Waals surface area contributed by atoms with Gasteiger partial charge in [-0.2, -0.15) is 0 Å². The van der Waals surface area contributed by atoms with Crippen molar-refractivity contribution in [3.63, 3.8) is 0 Å². The third-order valence-electron chi connectivity index (χ3n) is 2.06. The number of allylic oxidation sites excluding steroid dienone is 2. The Bertz CT molecular complexity index is 380. The minimum absolute atomic E-state index is 0.201. The summed E-state index contributed by atoms with van der Waals surface area (Å²) in [6.07, 6.45) is 8.29. The number of aromatic nitrogens is 1. The third kappa shape index (κ3) is 1.71. The zero-order valence-corrected chi connectivity index (χ0v) is 8.75. The molecule has 0 saturated heterocycles. The number of hydrogen-bond donors (Lipinski definition) is 0. The summed E-state index contributed by atoms with van der Waals surface area (Å²) in [7, 11) is -0.201. The van der Waals surface area contributed by atoms with Gasteiger partial charge in [-0.05, 0) is 33.1 Å². The lowest BCUT2D eigenvalue weighted by molar-refractivity contribution is 1.30. The molecule has 0 aromatic carbocycles. The number of nitrogens with zero attached hydrogens (tertiary/aromatic N) is 1. The molecule has 2 heterocycles. The maximum absolute atomic E-state index is 4.49. The summed E-state index contributed by atoms with van der Waals surface area (Å²) in [6, 6.07) is 2.20. The Kier molecular flexibility index (Phi) is 2.28. The largest absolute Gasteiger partial charge is 0.255 e. The smallest absolute Gasteiger partial charge is 0.0739 e. The van der Waals surface area contributed by atoms with Gasteiger partial charge >= 0.3 is 0 Å². The number of pyridine rings is 1. The van der Waals surface area contributed by atoms with Crippen LogP contribution in [0.4, 0.5) is 0 Å². The lowest BCUT2D eigenvalue weighted by Gasteiger charge is -2.08. The van der Waals surface area contributed by atoms with E-state index in [1.807, 2.05) is 6.20 Å². The normalized spacial score (nSPS) is 19.7. The van der Waals surface area contributed by atoms with Crippen LogP contribution < -0.4 is 5.44 Å². The van der Waals surface area contributed by atoms with Crippen LogP contribution in [0.2, 0.25) is 0 Å². The van der Waals surface area contributed by atoms with E-state index in [9.17, 15) is 0 Å². The van der Waals surface area contributed by atoms with Crippen molar-refractivity contribution in [1.29, 1.82) is 0 Å². The molecule has 0 radical (unpaired) electrons. The summed E-state index contributed by atoms with van der Waals surface area (Å²) < 4.78 is 0. The van der Waals surface area contributed by atoms with Gasteiger partial charge in [0.25, 0.3) is 0 Å². The molecular weight excluding hydrogens is 177 g/mol. The molecule has 13 heavy (non-hydrogen) atoms.